The van der Waals surface area contributed by atoms with Gasteiger partial charge in [0.15, 0.2) is 0 Å². The summed E-state index contributed by atoms with van der Waals surface area (Å²) in [6.07, 6.45) is 2.62. The van der Waals surface area contributed by atoms with Gasteiger partial charge < -0.3 is 15.8 Å². The molecule has 2 heterocycles. The number of nitrogen functional groups attached to an aromatic ring is 1. The normalized spacial score (nSPS) is 15.2. The molecule has 4 N–H and O–H groups in total. The fourth-order valence-corrected chi connectivity index (χ4v) is 2.39. The molecule has 1 aliphatic rings. The quantitative estimate of drug-likeness (QED) is 0.748. The van der Waals surface area contributed by atoms with Crippen LogP contribution >= 0.6 is 0 Å². The van der Waals surface area contributed by atoms with E-state index in [1.54, 1.807) is 0 Å². The molecule has 7 heteroatoms. The van der Waals surface area contributed by atoms with Gasteiger partial charge in [-0.05, 0) is 50.2 Å². The van der Waals surface area contributed by atoms with Crippen LogP contribution in [0.5, 0.6) is 5.75 Å². The molecule has 3 rings (SSSR count). The Labute approximate surface area is 123 Å². The largest absolute Gasteiger partial charge is 0.492 e. The van der Waals surface area contributed by atoms with E-state index in [9.17, 15) is 0 Å². The summed E-state index contributed by atoms with van der Waals surface area (Å²) in [4.78, 5) is 6.42. The van der Waals surface area contributed by atoms with E-state index in [1.807, 2.05) is 24.3 Å². The van der Waals surface area contributed by atoms with Crippen molar-refractivity contribution in [2.45, 2.75) is 12.8 Å². The van der Waals surface area contributed by atoms with Gasteiger partial charge in [0.25, 0.3) is 0 Å². The smallest absolute Gasteiger partial charge is 0.248 e. The highest BCUT2D eigenvalue weighted by atomic mass is 16.5. The van der Waals surface area contributed by atoms with Crippen LogP contribution < -0.4 is 15.8 Å². The number of benzene rings is 1. The number of nitrogens with one attached hydrogen (secondary N) is 2. The van der Waals surface area contributed by atoms with Crippen LogP contribution in [0.1, 0.15) is 12.8 Å². The zero-order chi connectivity index (χ0) is 14.5. The minimum Gasteiger partial charge on any atom is -0.492 e. The Morgan fingerprint density at radius 2 is 2.00 bits per heavy atom. The molecule has 1 aromatic carbocycles. The van der Waals surface area contributed by atoms with Gasteiger partial charge >= 0.3 is 0 Å². The summed E-state index contributed by atoms with van der Waals surface area (Å²) in [7, 11) is 0. The van der Waals surface area contributed by atoms with Gasteiger partial charge in [0, 0.05) is 12.2 Å². The van der Waals surface area contributed by atoms with Crippen LogP contribution in [0.25, 0.3) is 0 Å². The highest BCUT2D eigenvalue weighted by Crippen LogP contribution is 2.18. The Bertz CT molecular complexity index is 561. The maximum atomic E-state index is 5.75. The highest BCUT2D eigenvalue weighted by Gasteiger charge is 2.10. The van der Waals surface area contributed by atoms with Crippen molar-refractivity contribution in [2.24, 2.45) is 0 Å². The van der Waals surface area contributed by atoms with Gasteiger partial charge in [-0.15, -0.1) is 5.10 Å². The average Bonchev–Trinajstić information content (AvgIpc) is 3.13. The lowest BCUT2D eigenvalue weighted by atomic mass is 10.3. The fraction of sp³-hybridized carbons (Fsp3) is 0.429. The van der Waals surface area contributed by atoms with Crippen molar-refractivity contribution in [3.05, 3.63) is 24.3 Å². The number of likely N-dealkylation sites (tertiary alicyclic amines) is 1. The molecule has 7 nitrogen and oxygen atoms in total. The molecule has 1 saturated heterocycles. The van der Waals surface area contributed by atoms with Crippen LogP contribution in [-0.4, -0.2) is 46.3 Å². The monoisotopic (exact) mass is 288 g/mol. The van der Waals surface area contributed by atoms with Crippen LogP contribution in [0.4, 0.5) is 17.6 Å². The van der Waals surface area contributed by atoms with Gasteiger partial charge in [0.2, 0.25) is 11.9 Å². The summed E-state index contributed by atoms with van der Waals surface area (Å²) < 4.78 is 5.75. The number of hydrogen-bond donors (Lipinski definition) is 3. The predicted molar refractivity (Wildman–Crippen MR) is 81.7 cm³/mol. The van der Waals surface area contributed by atoms with Gasteiger partial charge in [0.1, 0.15) is 12.4 Å². The number of nitrogens with zero attached hydrogens (tertiary/aromatic N) is 3. The standard InChI is InChI=1S/C14H20N6O/c15-13-17-14(19-18-13)16-11-3-5-12(6-4-11)21-10-9-20-7-1-2-8-20/h3-6H,1-2,7-10H2,(H4,15,16,17,18,19). The molecule has 1 aromatic heterocycles. The van der Waals surface area contributed by atoms with Crippen LogP contribution in [0.15, 0.2) is 24.3 Å². The maximum absolute atomic E-state index is 5.75. The lowest BCUT2D eigenvalue weighted by molar-refractivity contribution is 0.238. The van der Waals surface area contributed by atoms with E-state index < -0.39 is 0 Å². The Balaban J connectivity index is 1.47. The maximum Gasteiger partial charge on any atom is 0.248 e. The van der Waals surface area contributed by atoms with Gasteiger partial charge in [-0.25, -0.2) is 5.10 Å². The molecule has 0 spiro atoms. The first-order valence-electron chi connectivity index (χ1n) is 7.20. The molecular formula is C14H20N6O. The molecule has 21 heavy (non-hydrogen) atoms. The van der Waals surface area contributed by atoms with E-state index >= 15 is 0 Å². The second kappa shape index (κ2) is 6.45. The molecule has 0 amide bonds. The van der Waals surface area contributed by atoms with Gasteiger partial charge in [-0.3, -0.25) is 4.90 Å². The number of hydrogen-bond acceptors (Lipinski definition) is 6. The van der Waals surface area contributed by atoms with E-state index in [0.29, 0.717) is 11.9 Å². The third-order valence-corrected chi connectivity index (χ3v) is 3.49. The molecule has 2 aromatic rings. The van der Waals surface area contributed by atoms with Crippen molar-refractivity contribution < 1.29 is 4.74 Å². The van der Waals surface area contributed by atoms with Crippen molar-refractivity contribution in [1.82, 2.24) is 20.1 Å². The second-order valence-corrected chi connectivity index (χ2v) is 5.09. The molecule has 1 fully saturated rings. The Morgan fingerprint density at radius 1 is 1.24 bits per heavy atom. The minimum absolute atomic E-state index is 0.291. The number of ether oxygens (including phenoxy) is 1. The summed E-state index contributed by atoms with van der Waals surface area (Å²) in [6.45, 7) is 4.12. The molecule has 0 unspecified atom stereocenters. The predicted octanol–water partition coefficient (Wildman–Crippen LogP) is 1.61. The van der Waals surface area contributed by atoms with Crippen LogP contribution in [0, 0.1) is 0 Å². The molecule has 1 aliphatic heterocycles. The first-order valence-corrected chi connectivity index (χ1v) is 7.20. The molecule has 0 aliphatic carbocycles. The fourth-order valence-electron chi connectivity index (χ4n) is 2.39. The lowest BCUT2D eigenvalue weighted by Gasteiger charge is -2.15. The Morgan fingerprint density at radius 3 is 2.67 bits per heavy atom. The summed E-state index contributed by atoms with van der Waals surface area (Å²) in [5.41, 5.74) is 6.36. The van der Waals surface area contributed by atoms with Crippen molar-refractivity contribution in [3.8, 4) is 5.75 Å². The van der Waals surface area contributed by atoms with Gasteiger partial charge in [-0.1, -0.05) is 0 Å². The van der Waals surface area contributed by atoms with Crippen molar-refractivity contribution in [2.75, 3.05) is 37.3 Å². The molecular weight excluding hydrogens is 268 g/mol. The van der Waals surface area contributed by atoms with E-state index in [-0.39, 0.29) is 0 Å². The molecule has 0 radical (unpaired) electrons. The van der Waals surface area contributed by atoms with E-state index in [4.69, 9.17) is 10.5 Å². The number of rotatable bonds is 6. The summed E-state index contributed by atoms with van der Waals surface area (Å²) in [5.74, 6) is 1.61. The molecule has 0 bridgehead atoms. The zero-order valence-corrected chi connectivity index (χ0v) is 11.9. The number of aromatic amines is 1. The topological polar surface area (TPSA) is 92.1 Å². The van der Waals surface area contributed by atoms with Crippen molar-refractivity contribution >= 4 is 17.6 Å². The number of nitrogens with two attached hydrogens (primary N) is 1. The number of H-pyrrole nitrogens is 1. The number of aromatic nitrogens is 3. The van der Waals surface area contributed by atoms with Gasteiger partial charge in [-0.2, -0.15) is 4.98 Å². The Kier molecular flexibility index (Phi) is 4.20. The lowest BCUT2D eigenvalue weighted by Crippen LogP contribution is -2.25. The second-order valence-electron chi connectivity index (χ2n) is 5.09. The SMILES string of the molecule is Nc1nc(Nc2ccc(OCCN3CCCC3)cc2)n[nH]1. The molecule has 0 atom stereocenters. The number of anilines is 3. The highest BCUT2D eigenvalue weighted by molar-refractivity contribution is 5.54. The van der Waals surface area contributed by atoms with Crippen molar-refractivity contribution in [1.29, 1.82) is 0 Å². The van der Waals surface area contributed by atoms with Gasteiger partial charge in [0.05, 0.1) is 0 Å². The van der Waals surface area contributed by atoms with Crippen LogP contribution in [0.2, 0.25) is 0 Å². The average molecular weight is 288 g/mol. The summed E-state index contributed by atoms with van der Waals surface area (Å²) >= 11 is 0. The van der Waals surface area contributed by atoms with E-state index in [1.165, 1.54) is 25.9 Å². The van der Waals surface area contributed by atoms with E-state index in [0.717, 1.165) is 24.6 Å². The third kappa shape index (κ3) is 3.85. The zero-order valence-electron chi connectivity index (χ0n) is 11.9. The first-order chi connectivity index (χ1) is 10.3. The molecule has 112 valence electrons. The Hall–Kier alpha value is -2.28. The summed E-state index contributed by atoms with van der Waals surface area (Å²) in [5, 5.41) is 9.55. The molecule has 0 saturated carbocycles. The van der Waals surface area contributed by atoms with Crippen LogP contribution in [0.3, 0.4) is 0 Å². The first kappa shape index (κ1) is 13.7. The van der Waals surface area contributed by atoms with Crippen molar-refractivity contribution in [3.63, 3.8) is 0 Å². The van der Waals surface area contributed by atoms with Crippen LogP contribution in [-0.2, 0) is 0 Å². The third-order valence-electron chi connectivity index (χ3n) is 3.49. The minimum atomic E-state index is 0.291. The summed E-state index contributed by atoms with van der Waals surface area (Å²) in [6, 6.07) is 7.72. The van der Waals surface area contributed by atoms with E-state index in [2.05, 4.69) is 25.4 Å².